The number of rotatable bonds is 8. The maximum atomic E-state index is 12.6. The highest BCUT2D eigenvalue weighted by Crippen LogP contribution is 2.30. The number of carbonyl (C=O) groups is 2. The Kier molecular flexibility index (Phi) is 6.93. The largest absolute Gasteiger partial charge is 0.349 e. The minimum atomic E-state index is -0.924. The predicted octanol–water partition coefficient (Wildman–Crippen LogP) is 3.18. The molecule has 2 rings (SSSR count). The minimum Gasteiger partial charge on any atom is -0.349 e. The van der Waals surface area contributed by atoms with E-state index in [1.54, 1.807) is 0 Å². The van der Waals surface area contributed by atoms with E-state index in [1.165, 1.54) is 19.8 Å². The first kappa shape index (κ1) is 17.8. The zero-order valence-corrected chi connectivity index (χ0v) is 14.0. The van der Waals surface area contributed by atoms with Crippen LogP contribution in [0.4, 0.5) is 0 Å². The van der Waals surface area contributed by atoms with Crippen LogP contribution in [-0.4, -0.2) is 32.1 Å². The molecule has 1 aromatic rings. The van der Waals surface area contributed by atoms with Gasteiger partial charge in [0.1, 0.15) is 5.78 Å². The average molecular weight is 318 g/mol. The predicted molar refractivity (Wildman–Crippen MR) is 88.0 cm³/mol. The van der Waals surface area contributed by atoms with Gasteiger partial charge in [-0.25, -0.2) is 0 Å². The van der Waals surface area contributed by atoms with Gasteiger partial charge in [0.15, 0.2) is 5.78 Å². The van der Waals surface area contributed by atoms with E-state index in [9.17, 15) is 9.59 Å². The fourth-order valence-electron chi connectivity index (χ4n) is 3.40. The van der Waals surface area contributed by atoms with Crippen LogP contribution in [0.3, 0.4) is 0 Å². The standard InChI is InChI=1S/C19H26O4/c1-22-19(23-2)18(21)16-13-7-12-15(17(16)20)11-6-10-14-8-4-3-5-9-14/h3-5,8-9,15-16,19H,6-7,10-13H2,1-2H3/t15-,16+/m0/s1. The molecule has 4 nitrogen and oxygen atoms in total. The molecule has 126 valence electrons. The Balaban J connectivity index is 1.88. The number of hydrogen-bond acceptors (Lipinski definition) is 4. The third-order valence-electron chi connectivity index (χ3n) is 4.66. The van der Waals surface area contributed by atoms with Crippen LogP contribution in [-0.2, 0) is 25.5 Å². The van der Waals surface area contributed by atoms with Gasteiger partial charge < -0.3 is 9.47 Å². The Hall–Kier alpha value is -1.52. The highest BCUT2D eigenvalue weighted by atomic mass is 16.7. The van der Waals surface area contributed by atoms with Gasteiger partial charge in [0.25, 0.3) is 0 Å². The molecule has 0 bridgehead atoms. The molecule has 1 fully saturated rings. The van der Waals surface area contributed by atoms with Crippen molar-refractivity contribution in [3.63, 3.8) is 0 Å². The molecule has 0 spiro atoms. The van der Waals surface area contributed by atoms with Crippen LogP contribution in [0.25, 0.3) is 0 Å². The van der Waals surface area contributed by atoms with Crippen molar-refractivity contribution in [1.29, 1.82) is 0 Å². The summed E-state index contributed by atoms with van der Waals surface area (Å²) in [6.07, 6.45) is 4.30. The second kappa shape index (κ2) is 8.94. The number of benzene rings is 1. The number of ether oxygens (including phenoxy) is 2. The maximum absolute atomic E-state index is 12.6. The summed E-state index contributed by atoms with van der Waals surface area (Å²) in [7, 11) is 2.85. The lowest BCUT2D eigenvalue weighted by atomic mass is 9.76. The minimum absolute atomic E-state index is 0.00391. The molecular formula is C19H26O4. The first-order valence-electron chi connectivity index (χ1n) is 8.34. The Morgan fingerprint density at radius 2 is 1.87 bits per heavy atom. The summed E-state index contributed by atoms with van der Waals surface area (Å²) < 4.78 is 10.0. The third kappa shape index (κ3) is 4.72. The summed E-state index contributed by atoms with van der Waals surface area (Å²) in [6, 6.07) is 10.3. The van der Waals surface area contributed by atoms with Crippen molar-refractivity contribution in [3.05, 3.63) is 35.9 Å². The third-order valence-corrected chi connectivity index (χ3v) is 4.66. The van der Waals surface area contributed by atoms with Crippen LogP contribution in [0, 0.1) is 11.8 Å². The lowest BCUT2D eigenvalue weighted by Gasteiger charge is -2.28. The second-order valence-electron chi connectivity index (χ2n) is 6.17. The number of Topliss-reactive ketones (excluding diaryl/α,β-unsaturated/α-hetero) is 2. The summed E-state index contributed by atoms with van der Waals surface area (Å²) in [5.41, 5.74) is 1.29. The van der Waals surface area contributed by atoms with Crippen molar-refractivity contribution < 1.29 is 19.1 Å². The van der Waals surface area contributed by atoms with Crippen molar-refractivity contribution in [1.82, 2.24) is 0 Å². The van der Waals surface area contributed by atoms with Gasteiger partial charge >= 0.3 is 0 Å². The average Bonchev–Trinajstić information content (AvgIpc) is 2.58. The number of methoxy groups -OCH3 is 2. The molecule has 1 aliphatic carbocycles. The molecular weight excluding hydrogens is 292 g/mol. The van der Waals surface area contributed by atoms with Crippen molar-refractivity contribution in [2.45, 2.75) is 44.8 Å². The monoisotopic (exact) mass is 318 g/mol. The van der Waals surface area contributed by atoms with Crippen LogP contribution >= 0.6 is 0 Å². The fourth-order valence-corrected chi connectivity index (χ4v) is 3.40. The Bertz CT molecular complexity index is 507. The zero-order valence-electron chi connectivity index (χ0n) is 14.0. The highest BCUT2D eigenvalue weighted by Gasteiger charge is 2.38. The molecule has 0 radical (unpaired) electrons. The maximum Gasteiger partial charge on any atom is 0.218 e. The van der Waals surface area contributed by atoms with Crippen LogP contribution in [0.2, 0.25) is 0 Å². The lowest BCUT2D eigenvalue weighted by molar-refractivity contribution is -0.164. The number of aryl methyl sites for hydroxylation is 1. The summed E-state index contributed by atoms with van der Waals surface area (Å²) >= 11 is 0. The van der Waals surface area contributed by atoms with Crippen molar-refractivity contribution >= 4 is 11.6 Å². The summed E-state index contributed by atoms with van der Waals surface area (Å²) in [4.78, 5) is 25.0. The molecule has 23 heavy (non-hydrogen) atoms. The van der Waals surface area contributed by atoms with E-state index in [1.807, 2.05) is 18.2 Å². The van der Waals surface area contributed by atoms with Gasteiger partial charge in [0.2, 0.25) is 6.29 Å². The Morgan fingerprint density at radius 3 is 2.52 bits per heavy atom. The first-order chi connectivity index (χ1) is 11.2. The van der Waals surface area contributed by atoms with Gasteiger partial charge in [-0.1, -0.05) is 36.8 Å². The van der Waals surface area contributed by atoms with Gasteiger partial charge in [0.05, 0.1) is 5.92 Å². The quantitative estimate of drug-likeness (QED) is 0.546. The molecule has 4 heteroatoms. The van der Waals surface area contributed by atoms with Crippen LogP contribution in [0.5, 0.6) is 0 Å². The van der Waals surface area contributed by atoms with Gasteiger partial charge in [-0.15, -0.1) is 0 Å². The van der Waals surface area contributed by atoms with Gasteiger partial charge in [-0.3, -0.25) is 9.59 Å². The molecule has 0 aromatic heterocycles. The topological polar surface area (TPSA) is 52.6 Å². The number of carbonyl (C=O) groups excluding carboxylic acids is 2. The van der Waals surface area contributed by atoms with Crippen LogP contribution in [0.1, 0.15) is 37.7 Å². The highest BCUT2D eigenvalue weighted by molar-refractivity contribution is 6.05. The molecule has 0 aliphatic heterocycles. The van der Waals surface area contributed by atoms with Crippen molar-refractivity contribution in [3.8, 4) is 0 Å². The van der Waals surface area contributed by atoms with Gasteiger partial charge in [-0.2, -0.15) is 0 Å². The van der Waals surface area contributed by atoms with Crippen LogP contribution < -0.4 is 0 Å². The molecule has 0 saturated heterocycles. The van der Waals surface area contributed by atoms with E-state index in [0.717, 1.165) is 32.1 Å². The molecule has 2 atom stereocenters. The molecule has 0 heterocycles. The molecule has 1 aliphatic rings. The molecule has 0 N–H and O–H groups in total. The van der Waals surface area contributed by atoms with E-state index in [-0.39, 0.29) is 17.5 Å². The van der Waals surface area contributed by atoms with E-state index < -0.39 is 12.2 Å². The van der Waals surface area contributed by atoms with E-state index >= 15 is 0 Å². The van der Waals surface area contributed by atoms with Crippen LogP contribution in [0.15, 0.2) is 30.3 Å². The van der Waals surface area contributed by atoms with Gasteiger partial charge in [0, 0.05) is 20.1 Å². The summed E-state index contributed by atoms with van der Waals surface area (Å²) in [5.74, 6) is -0.715. The Labute approximate surface area is 138 Å². The van der Waals surface area contributed by atoms with E-state index in [4.69, 9.17) is 9.47 Å². The Morgan fingerprint density at radius 1 is 1.17 bits per heavy atom. The van der Waals surface area contributed by atoms with E-state index in [2.05, 4.69) is 12.1 Å². The normalized spacial score (nSPS) is 21.6. The summed E-state index contributed by atoms with van der Waals surface area (Å²) in [5, 5.41) is 0. The van der Waals surface area contributed by atoms with Crippen molar-refractivity contribution in [2.75, 3.05) is 14.2 Å². The SMILES string of the molecule is COC(OC)C(=O)[C@@H]1CCC[C@H](CCCc2ccccc2)C1=O. The van der Waals surface area contributed by atoms with E-state index in [0.29, 0.717) is 6.42 Å². The number of ketones is 2. The fraction of sp³-hybridized carbons (Fsp3) is 0.579. The second-order valence-corrected chi connectivity index (χ2v) is 6.17. The first-order valence-corrected chi connectivity index (χ1v) is 8.34. The smallest absolute Gasteiger partial charge is 0.218 e. The lowest BCUT2D eigenvalue weighted by Crippen LogP contribution is -2.40. The molecule has 1 aromatic carbocycles. The molecule has 0 amide bonds. The molecule has 1 saturated carbocycles. The van der Waals surface area contributed by atoms with Gasteiger partial charge in [-0.05, 0) is 37.7 Å². The van der Waals surface area contributed by atoms with Crippen molar-refractivity contribution in [2.24, 2.45) is 11.8 Å². The summed E-state index contributed by atoms with van der Waals surface area (Å²) in [6.45, 7) is 0. The molecule has 0 unspecified atom stereocenters. The number of hydrogen-bond donors (Lipinski definition) is 0. The zero-order chi connectivity index (χ0) is 16.7.